The number of nitrogens with zero attached hydrogens (tertiary/aromatic N) is 3. The van der Waals surface area contributed by atoms with Crippen molar-refractivity contribution in [3.63, 3.8) is 0 Å². The molecule has 2 aromatic heterocycles. The van der Waals surface area contributed by atoms with Crippen molar-refractivity contribution in [3.8, 4) is 0 Å². The average Bonchev–Trinajstić information content (AvgIpc) is 3.46. The van der Waals surface area contributed by atoms with Crippen molar-refractivity contribution in [2.24, 2.45) is 5.41 Å². The van der Waals surface area contributed by atoms with E-state index in [1.165, 1.54) is 5.56 Å². The van der Waals surface area contributed by atoms with Crippen LogP contribution in [0.25, 0.3) is 0 Å². The summed E-state index contributed by atoms with van der Waals surface area (Å²) in [7, 11) is 0. The highest BCUT2D eigenvalue weighted by Gasteiger charge is 2.33. The fourth-order valence-corrected chi connectivity index (χ4v) is 4.63. The molecule has 2 N–H and O–H groups in total. The molecule has 0 bridgehead atoms. The van der Waals surface area contributed by atoms with Gasteiger partial charge in [0.15, 0.2) is 5.69 Å². The van der Waals surface area contributed by atoms with Crippen molar-refractivity contribution >= 4 is 11.6 Å². The minimum Gasteiger partial charge on any atom is -0.378 e. The SMILES string of the molecule is CC1(C)CCc2c(C(=O)Nc3cnn(C4COCC4c4ccccc4)c3)n[nH]c2C1. The fourth-order valence-electron chi connectivity index (χ4n) is 4.63. The molecule has 30 heavy (non-hydrogen) atoms. The lowest BCUT2D eigenvalue weighted by molar-refractivity contribution is 0.102. The monoisotopic (exact) mass is 405 g/mol. The Kier molecular flexibility index (Phi) is 4.70. The van der Waals surface area contributed by atoms with E-state index in [9.17, 15) is 4.79 Å². The number of aromatic amines is 1. The van der Waals surface area contributed by atoms with Gasteiger partial charge in [0.1, 0.15) is 0 Å². The number of ether oxygens (including phenoxy) is 1. The number of hydrogen-bond acceptors (Lipinski definition) is 4. The Morgan fingerprint density at radius 1 is 1.27 bits per heavy atom. The Morgan fingerprint density at radius 2 is 2.10 bits per heavy atom. The Labute approximate surface area is 175 Å². The number of rotatable bonds is 4. The molecule has 1 aliphatic carbocycles. The van der Waals surface area contributed by atoms with E-state index in [1.807, 2.05) is 29.1 Å². The molecule has 1 amide bonds. The molecule has 0 spiro atoms. The maximum Gasteiger partial charge on any atom is 0.276 e. The summed E-state index contributed by atoms with van der Waals surface area (Å²) in [5.74, 6) is 0.0606. The molecule has 2 atom stereocenters. The molecule has 1 aromatic carbocycles. The first-order valence-corrected chi connectivity index (χ1v) is 10.5. The molecule has 3 heterocycles. The number of benzene rings is 1. The van der Waals surface area contributed by atoms with Crippen molar-refractivity contribution < 1.29 is 9.53 Å². The third-order valence-corrected chi connectivity index (χ3v) is 6.35. The highest BCUT2D eigenvalue weighted by Crippen LogP contribution is 2.36. The Balaban J connectivity index is 1.31. The summed E-state index contributed by atoms with van der Waals surface area (Å²) >= 11 is 0. The van der Waals surface area contributed by atoms with E-state index in [-0.39, 0.29) is 23.3 Å². The predicted octanol–water partition coefficient (Wildman–Crippen LogP) is 3.73. The summed E-state index contributed by atoms with van der Waals surface area (Å²) in [5, 5.41) is 14.9. The molecule has 156 valence electrons. The van der Waals surface area contributed by atoms with Crippen LogP contribution in [0, 0.1) is 5.41 Å². The lowest BCUT2D eigenvalue weighted by Crippen LogP contribution is -2.23. The van der Waals surface area contributed by atoms with Gasteiger partial charge in [0.2, 0.25) is 0 Å². The van der Waals surface area contributed by atoms with E-state index in [0.29, 0.717) is 24.6 Å². The first-order chi connectivity index (χ1) is 14.5. The second-order valence-electron chi connectivity index (χ2n) is 9.16. The normalized spacial score (nSPS) is 22.6. The standard InChI is InChI=1S/C23H27N5O2/c1-23(2)9-8-17-19(10-23)26-27-21(17)22(29)25-16-11-24-28(12-16)20-14-30-13-18(20)15-6-4-3-5-7-15/h3-7,11-12,18,20H,8-10,13-14H2,1-2H3,(H,25,29)(H,26,27). The van der Waals surface area contributed by atoms with Crippen molar-refractivity contribution in [2.75, 3.05) is 18.5 Å². The number of anilines is 1. The van der Waals surface area contributed by atoms with Crippen LogP contribution >= 0.6 is 0 Å². The molecular weight excluding hydrogens is 378 g/mol. The van der Waals surface area contributed by atoms with E-state index >= 15 is 0 Å². The van der Waals surface area contributed by atoms with Crippen LogP contribution < -0.4 is 5.32 Å². The molecule has 1 aliphatic heterocycles. The molecule has 0 radical (unpaired) electrons. The molecular formula is C23H27N5O2. The molecule has 5 rings (SSSR count). The van der Waals surface area contributed by atoms with Gasteiger partial charge in [0, 0.05) is 23.4 Å². The van der Waals surface area contributed by atoms with E-state index in [4.69, 9.17) is 4.74 Å². The van der Waals surface area contributed by atoms with Crippen molar-refractivity contribution in [1.82, 2.24) is 20.0 Å². The zero-order valence-corrected chi connectivity index (χ0v) is 17.4. The number of aromatic nitrogens is 4. The second kappa shape index (κ2) is 7.40. The Hall–Kier alpha value is -2.93. The van der Waals surface area contributed by atoms with Crippen LogP contribution in [0.2, 0.25) is 0 Å². The first-order valence-electron chi connectivity index (χ1n) is 10.5. The molecule has 2 aliphatic rings. The summed E-state index contributed by atoms with van der Waals surface area (Å²) in [6.45, 7) is 5.78. The van der Waals surface area contributed by atoms with Gasteiger partial charge in [-0.25, -0.2) is 0 Å². The zero-order chi connectivity index (χ0) is 20.7. The smallest absolute Gasteiger partial charge is 0.276 e. The second-order valence-corrected chi connectivity index (χ2v) is 9.16. The van der Waals surface area contributed by atoms with Crippen LogP contribution in [-0.4, -0.2) is 39.1 Å². The Bertz CT molecular complexity index is 1050. The third-order valence-electron chi connectivity index (χ3n) is 6.35. The largest absolute Gasteiger partial charge is 0.378 e. The van der Waals surface area contributed by atoms with Crippen LogP contribution in [0.5, 0.6) is 0 Å². The van der Waals surface area contributed by atoms with Crippen LogP contribution in [-0.2, 0) is 17.6 Å². The van der Waals surface area contributed by atoms with E-state index in [1.54, 1.807) is 6.20 Å². The van der Waals surface area contributed by atoms with Crippen molar-refractivity contribution in [1.29, 1.82) is 0 Å². The number of fused-ring (bicyclic) bond motifs is 1. The number of carbonyl (C=O) groups is 1. The summed E-state index contributed by atoms with van der Waals surface area (Å²) in [4.78, 5) is 12.9. The summed E-state index contributed by atoms with van der Waals surface area (Å²) in [6.07, 6.45) is 6.43. The molecule has 1 fully saturated rings. The minimum absolute atomic E-state index is 0.110. The van der Waals surface area contributed by atoms with Gasteiger partial charge in [-0.15, -0.1) is 0 Å². The maximum atomic E-state index is 12.9. The molecule has 1 saturated heterocycles. The quantitative estimate of drug-likeness (QED) is 0.693. The van der Waals surface area contributed by atoms with E-state index in [0.717, 1.165) is 30.5 Å². The minimum atomic E-state index is -0.186. The summed E-state index contributed by atoms with van der Waals surface area (Å²) in [5.41, 5.74) is 4.79. The van der Waals surface area contributed by atoms with Gasteiger partial charge >= 0.3 is 0 Å². The summed E-state index contributed by atoms with van der Waals surface area (Å²) in [6, 6.07) is 10.5. The molecule has 7 nitrogen and oxygen atoms in total. The zero-order valence-electron chi connectivity index (χ0n) is 17.4. The van der Waals surface area contributed by atoms with Crippen molar-refractivity contribution in [3.05, 3.63) is 65.2 Å². The van der Waals surface area contributed by atoms with Gasteiger partial charge in [0.05, 0.1) is 31.1 Å². The number of hydrogen-bond donors (Lipinski definition) is 2. The maximum absolute atomic E-state index is 12.9. The highest BCUT2D eigenvalue weighted by molar-refractivity contribution is 6.03. The number of nitrogens with one attached hydrogen (secondary N) is 2. The van der Waals surface area contributed by atoms with Gasteiger partial charge in [-0.3, -0.25) is 14.6 Å². The predicted molar refractivity (Wildman–Crippen MR) is 114 cm³/mol. The first kappa shape index (κ1) is 19.1. The van der Waals surface area contributed by atoms with E-state index in [2.05, 4.69) is 46.6 Å². The van der Waals surface area contributed by atoms with Gasteiger partial charge in [-0.1, -0.05) is 44.2 Å². The molecule has 0 saturated carbocycles. The van der Waals surface area contributed by atoms with Gasteiger partial charge in [-0.05, 0) is 30.2 Å². The Morgan fingerprint density at radius 3 is 2.93 bits per heavy atom. The molecule has 3 aromatic rings. The van der Waals surface area contributed by atoms with Crippen LogP contribution in [0.3, 0.4) is 0 Å². The average molecular weight is 406 g/mol. The summed E-state index contributed by atoms with van der Waals surface area (Å²) < 4.78 is 7.65. The third kappa shape index (κ3) is 3.54. The van der Waals surface area contributed by atoms with Crippen molar-refractivity contribution in [2.45, 2.75) is 45.1 Å². The van der Waals surface area contributed by atoms with Crippen LogP contribution in [0.15, 0.2) is 42.7 Å². The van der Waals surface area contributed by atoms with Gasteiger partial charge in [0.25, 0.3) is 5.91 Å². The number of H-pyrrole nitrogens is 1. The number of carbonyl (C=O) groups excluding carboxylic acids is 1. The fraction of sp³-hybridized carbons (Fsp3) is 0.435. The van der Waals surface area contributed by atoms with Crippen LogP contribution in [0.4, 0.5) is 5.69 Å². The lowest BCUT2D eigenvalue weighted by atomic mass is 9.76. The van der Waals surface area contributed by atoms with E-state index < -0.39 is 0 Å². The van der Waals surface area contributed by atoms with Gasteiger partial charge < -0.3 is 10.1 Å². The highest BCUT2D eigenvalue weighted by atomic mass is 16.5. The lowest BCUT2D eigenvalue weighted by Gasteiger charge is -2.28. The van der Waals surface area contributed by atoms with Crippen LogP contribution in [0.1, 0.15) is 59.5 Å². The molecule has 7 heteroatoms. The van der Waals surface area contributed by atoms with Gasteiger partial charge in [-0.2, -0.15) is 10.2 Å². The number of amides is 1. The molecule has 2 unspecified atom stereocenters. The topological polar surface area (TPSA) is 84.8 Å².